The van der Waals surface area contributed by atoms with Gasteiger partial charge >= 0.3 is 0 Å². The van der Waals surface area contributed by atoms with Gasteiger partial charge in [-0.15, -0.1) is 0 Å². The second-order valence-electron chi connectivity index (χ2n) is 11.6. The van der Waals surface area contributed by atoms with Crippen LogP contribution in [0, 0.1) is 0 Å². The van der Waals surface area contributed by atoms with Crippen molar-refractivity contribution in [3.8, 4) is 16.9 Å². The van der Waals surface area contributed by atoms with Crippen LogP contribution in [0.5, 0.6) is 5.75 Å². The van der Waals surface area contributed by atoms with Gasteiger partial charge in [-0.2, -0.15) is 0 Å². The molecular formula is C44H34O2. The summed E-state index contributed by atoms with van der Waals surface area (Å²) in [4.78, 5) is 14.7. The van der Waals surface area contributed by atoms with E-state index in [9.17, 15) is 4.79 Å². The van der Waals surface area contributed by atoms with E-state index in [2.05, 4.69) is 109 Å². The van der Waals surface area contributed by atoms with Crippen LogP contribution in [0.4, 0.5) is 0 Å². The van der Waals surface area contributed by atoms with Crippen LogP contribution in [0.2, 0.25) is 0 Å². The van der Waals surface area contributed by atoms with Crippen molar-refractivity contribution < 1.29 is 4.74 Å². The fourth-order valence-electron chi connectivity index (χ4n) is 6.66. The van der Waals surface area contributed by atoms with Crippen LogP contribution in [0.1, 0.15) is 45.2 Å². The quantitative estimate of drug-likeness (QED) is 0.175. The molecule has 0 aromatic heterocycles. The summed E-state index contributed by atoms with van der Waals surface area (Å²) in [6.45, 7) is 0. The Kier molecular flexibility index (Phi) is 8.26. The number of benzene rings is 6. The number of rotatable bonds is 8. The maximum Gasteiger partial charge on any atom is 0.183 e. The van der Waals surface area contributed by atoms with E-state index in [4.69, 9.17) is 4.74 Å². The number of hydrogen-bond acceptors (Lipinski definition) is 2. The zero-order valence-electron chi connectivity index (χ0n) is 25.7. The Hall–Kier alpha value is -5.73. The van der Waals surface area contributed by atoms with Gasteiger partial charge in [0, 0.05) is 28.5 Å². The Bertz CT molecular complexity index is 2060. The van der Waals surface area contributed by atoms with Crippen LogP contribution < -0.4 is 10.2 Å². The Balaban J connectivity index is 1.60. The summed E-state index contributed by atoms with van der Waals surface area (Å²) in [5.41, 5.74) is 7.68. The van der Waals surface area contributed by atoms with E-state index in [1.807, 2.05) is 60.7 Å². The van der Waals surface area contributed by atoms with Crippen LogP contribution in [0.3, 0.4) is 0 Å². The molecule has 0 aliphatic heterocycles. The highest BCUT2D eigenvalue weighted by Gasteiger charge is 2.27. The molecule has 222 valence electrons. The molecule has 0 heterocycles. The molecule has 0 amide bonds. The smallest absolute Gasteiger partial charge is 0.183 e. The van der Waals surface area contributed by atoms with E-state index in [1.165, 1.54) is 0 Å². The van der Waals surface area contributed by atoms with Gasteiger partial charge in [0.15, 0.2) is 5.43 Å². The van der Waals surface area contributed by atoms with Crippen molar-refractivity contribution in [3.05, 3.63) is 220 Å². The predicted octanol–water partition coefficient (Wildman–Crippen LogP) is 10.2. The summed E-state index contributed by atoms with van der Waals surface area (Å²) < 4.78 is 6.39. The second-order valence-corrected chi connectivity index (χ2v) is 11.6. The third-order valence-electron chi connectivity index (χ3n) is 8.80. The molecule has 0 radical (unpaired) electrons. The Morgan fingerprint density at radius 2 is 0.870 bits per heavy atom. The van der Waals surface area contributed by atoms with Gasteiger partial charge in [0.05, 0.1) is 7.11 Å². The summed E-state index contributed by atoms with van der Waals surface area (Å²) in [6.07, 6.45) is 0. The highest BCUT2D eigenvalue weighted by atomic mass is 16.5. The molecule has 0 unspecified atom stereocenters. The fourth-order valence-corrected chi connectivity index (χ4v) is 6.66. The first-order valence-corrected chi connectivity index (χ1v) is 15.7. The normalized spacial score (nSPS) is 11.2. The summed E-state index contributed by atoms with van der Waals surface area (Å²) >= 11 is 0. The minimum Gasteiger partial charge on any atom is -0.496 e. The zero-order valence-corrected chi connectivity index (χ0v) is 25.7. The fraction of sp³-hybridized carbons (Fsp3) is 0.0682. The maximum absolute atomic E-state index is 14.7. The molecule has 0 fully saturated rings. The van der Waals surface area contributed by atoms with E-state index < -0.39 is 0 Å². The van der Waals surface area contributed by atoms with Crippen molar-refractivity contribution in [3.63, 3.8) is 0 Å². The minimum atomic E-state index is -0.276. The lowest BCUT2D eigenvalue weighted by Crippen LogP contribution is -2.14. The highest BCUT2D eigenvalue weighted by molar-refractivity contribution is 5.88. The summed E-state index contributed by atoms with van der Waals surface area (Å²) in [5, 5.41) is 2.25. The van der Waals surface area contributed by atoms with Gasteiger partial charge in [0.25, 0.3) is 0 Å². The minimum absolute atomic E-state index is 0.0368. The molecule has 0 N–H and O–H groups in total. The predicted molar refractivity (Wildman–Crippen MR) is 190 cm³/mol. The van der Waals surface area contributed by atoms with Crippen molar-refractivity contribution in [1.82, 2.24) is 0 Å². The van der Waals surface area contributed by atoms with E-state index >= 15 is 0 Å². The molecule has 0 aliphatic rings. The van der Waals surface area contributed by atoms with Crippen LogP contribution in [0.15, 0.2) is 181 Å². The lowest BCUT2D eigenvalue weighted by molar-refractivity contribution is 0.411. The molecule has 7 aromatic rings. The lowest BCUT2D eigenvalue weighted by atomic mass is 9.81. The maximum atomic E-state index is 14.7. The summed E-state index contributed by atoms with van der Waals surface area (Å²) in [5.74, 6) is 0.230. The Morgan fingerprint density at radius 1 is 0.435 bits per heavy atom. The highest BCUT2D eigenvalue weighted by Crippen LogP contribution is 2.43. The van der Waals surface area contributed by atoms with Crippen molar-refractivity contribution in [2.75, 3.05) is 7.11 Å². The van der Waals surface area contributed by atoms with E-state index in [-0.39, 0.29) is 17.3 Å². The summed E-state index contributed by atoms with van der Waals surface area (Å²) in [6, 6.07) is 60.2. The molecule has 2 heteroatoms. The molecule has 0 saturated heterocycles. The molecule has 7 aromatic carbocycles. The van der Waals surface area contributed by atoms with Gasteiger partial charge in [-0.05, 0) is 56.8 Å². The van der Waals surface area contributed by atoms with Gasteiger partial charge in [-0.25, -0.2) is 0 Å². The Labute approximate surface area is 270 Å². The molecule has 0 spiro atoms. The number of fused-ring (bicyclic) bond motifs is 1. The Morgan fingerprint density at radius 3 is 1.35 bits per heavy atom. The van der Waals surface area contributed by atoms with E-state index in [0.29, 0.717) is 11.3 Å². The van der Waals surface area contributed by atoms with Crippen molar-refractivity contribution in [1.29, 1.82) is 0 Å². The van der Waals surface area contributed by atoms with Gasteiger partial charge in [0.1, 0.15) is 5.75 Å². The van der Waals surface area contributed by atoms with Gasteiger partial charge in [-0.3, -0.25) is 4.79 Å². The molecule has 0 saturated carbocycles. The molecule has 0 atom stereocenters. The van der Waals surface area contributed by atoms with Crippen molar-refractivity contribution in [2.24, 2.45) is 0 Å². The van der Waals surface area contributed by atoms with Crippen molar-refractivity contribution in [2.45, 2.75) is 11.8 Å². The number of methoxy groups -OCH3 is 1. The molecular weight excluding hydrogens is 560 g/mol. The molecule has 0 aliphatic carbocycles. The third-order valence-corrected chi connectivity index (χ3v) is 8.80. The SMILES string of the molecule is COc1c(-c2ccc3ccccc3c2)cc(=O)c(C(c2ccccc2)c2ccccc2)cc1C(c1ccccc1)c1ccccc1. The lowest BCUT2D eigenvalue weighted by Gasteiger charge is -2.23. The topological polar surface area (TPSA) is 26.3 Å². The first-order chi connectivity index (χ1) is 22.7. The monoisotopic (exact) mass is 594 g/mol. The van der Waals surface area contributed by atoms with Crippen LogP contribution in [0.25, 0.3) is 21.9 Å². The van der Waals surface area contributed by atoms with Gasteiger partial charge in [0.2, 0.25) is 0 Å². The standard InChI is InChI=1S/C44H34O2/c1-46-44-38(37-27-26-31-16-14-15-25-36(31)28-37)30-41(45)39(42(32-17-6-2-7-18-32)33-19-8-3-9-20-33)29-40(44)43(34-21-10-4-11-22-34)35-23-12-5-13-24-35/h2-30,42-43H,1H3. The number of ether oxygens (including phenoxy) is 1. The number of hydrogen-bond donors (Lipinski definition) is 0. The first kappa shape index (κ1) is 29.0. The largest absolute Gasteiger partial charge is 0.496 e. The zero-order chi connectivity index (χ0) is 31.3. The van der Waals surface area contributed by atoms with Gasteiger partial charge in [-0.1, -0.05) is 158 Å². The third kappa shape index (κ3) is 5.74. The summed E-state index contributed by atoms with van der Waals surface area (Å²) in [7, 11) is 1.71. The van der Waals surface area contributed by atoms with E-state index in [0.717, 1.165) is 49.7 Å². The van der Waals surface area contributed by atoms with Crippen molar-refractivity contribution >= 4 is 10.8 Å². The average molecular weight is 595 g/mol. The first-order valence-electron chi connectivity index (χ1n) is 15.7. The molecule has 0 bridgehead atoms. The molecule has 2 nitrogen and oxygen atoms in total. The van der Waals surface area contributed by atoms with Gasteiger partial charge < -0.3 is 4.74 Å². The van der Waals surface area contributed by atoms with Crippen LogP contribution in [-0.4, -0.2) is 7.11 Å². The molecule has 46 heavy (non-hydrogen) atoms. The second kappa shape index (κ2) is 13.1. The molecule has 7 rings (SSSR count). The van der Waals surface area contributed by atoms with Crippen LogP contribution in [-0.2, 0) is 0 Å². The average Bonchev–Trinajstić information content (AvgIpc) is 3.26. The van der Waals surface area contributed by atoms with E-state index in [1.54, 1.807) is 13.2 Å². The van der Waals surface area contributed by atoms with Crippen LogP contribution >= 0.6 is 0 Å².